The molecule has 0 heterocycles. The number of benzene rings is 1. The Balaban J connectivity index is 2.89. The van der Waals surface area contributed by atoms with E-state index in [0.717, 1.165) is 0 Å². The number of hydrogen-bond acceptors (Lipinski definition) is 3. The lowest BCUT2D eigenvalue weighted by atomic mass is 10.2. The monoisotopic (exact) mass is 262 g/mol. The number of primary amides is 1. The van der Waals surface area contributed by atoms with E-state index in [-0.39, 0.29) is 15.7 Å². The number of amides is 2. The quantitative estimate of drug-likeness (QED) is 0.703. The summed E-state index contributed by atoms with van der Waals surface area (Å²) in [7, 11) is 0. The van der Waals surface area contributed by atoms with Crippen LogP contribution in [-0.2, 0) is 9.59 Å². The lowest BCUT2D eigenvalue weighted by molar-refractivity contribution is -0.136. The fourth-order valence-electron chi connectivity index (χ4n) is 0.938. The van der Waals surface area contributed by atoms with Gasteiger partial charge in [-0.05, 0) is 12.1 Å². The standard InChI is InChI=1S/C9H8Cl2N2O3/c10-4-2-1-3-5(11)6(4)13-9(16)7(14)8(12)15/h1-3,7,14H,(H2,12,15)(H,13,16). The number of para-hydroxylation sites is 1. The van der Waals surface area contributed by atoms with Crippen LogP contribution in [0, 0.1) is 0 Å². The zero-order valence-corrected chi connectivity index (χ0v) is 9.42. The van der Waals surface area contributed by atoms with E-state index in [9.17, 15) is 9.59 Å². The Labute approximate surface area is 101 Å². The molecule has 0 bridgehead atoms. The van der Waals surface area contributed by atoms with Gasteiger partial charge >= 0.3 is 0 Å². The Bertz CT molecular complexity index is 417. The number of carbonyl (C=O) groups excluding carboxylic acids is 2. The second-order valence-electron chi connectivity index (χ2n) is 2.89. The molecule has 1 aromatic carbocycles. The van der Waals surface area contributed by atoms with E-state index < -0.39 is 17.9 Å². The van der Waals surface area contributed by atoms with Crippen molar-refractivity contribution in [3.05, 3.63) is 28.2 Å². The third-order valence-corrected chi connectivity index (χ3v) is 2.36. The summed E-state index contributed by atoms with van der Waals surface area (Å²) in [6.07, 6.45) is -1.94. The molecule has 4 N–H and O–H groups in total. The number of rotatable bonds is 3. The summed E-state index contributed by atoms with van der Waals surface area (Å²) in [5.74, 6) is -2.14. The molecule has 1 unspecified atom stereocenters. The van der Waals surface area contributed by atoms with Crippen LogP contribution in [0.5, 0.6) is 0 Å². The van der Waals surface area contributed by atoms with Crippen molar-refractivity contribution in [2.24, 2.45) is 5.73 Å². The molecular weight excluding hydrogens is 255 g/mol. The van der Waals surface area contributed by atoms with E-state index in [1.165, 1.54) is 12.1 Å². The predicted molar refractivity (Wildman–Crippen MR) is 60.3 cm³/mol. The van der Waals surface area contributed by atoms with Crippen LogP contribution in [-0.4, -0.2) is 23.0 Å². The van der Waals surface area contributed by atoms with Crippen LogP contribution in [0.1, 0.15) is 0 Å². The molecule has 1 rings (SSSR count). The number of nitrogens with two attached hydrogens (primary N) is 1. The second-order valence-corrected chi connectivity index (χ2v) is 3.71. The average Bonchev–Trinajstić information content (AvgIpc) is 2.22. The maximum Gasteiger partial charge on any atom is 0.263 e. The van der Waals surface area contributed by atoms with Crippen molar-refractivity contribution in [3.8, 4) is 0 Å². The first-order valence-corrected chi connectivity index (χ1v) is 4.91. The molecule has 7 heteroatoms. The molecule has 0 fully saturated rings. The molecule has 86 valence electrons. The van der Waals surface area contributed by atoms with Gasteiger partial charge in [-0.1, -0.05) is 29.3 Å². The fourth-order valence-corrected chi connectivity index (χ4v) is 1.43. The molecule has 1 aromatic rings. The Hall–Kier alpha value is -1.30. The highest BCUT2D eigenvalue weighted by atomic mass is 35.5. The van der Waals surface area contributed by atoms with Gasteiger partial charge in [0.2, 0.25) is 6.10 Å². The lowest BCUT2D eigenvalue weighted by Crippen LogP contribution is -2.39. The van der Waals surface area contributed by atoms with Crippen LogP contribution in [0.15, 0.2) is 18.2 Å². The highest BCUT2D eigenvalue weighted by molar-refractivity contribution is 6.39. The number of anilines is 1. The molecule has 5 nitrogen and oxygen atoms in total. The molecule has 0 aliphatic rings. The zero-order valence-electron chi connectivity index (χ0n) is 7.91. The van der Waals surface area contributed by atoms with Gasteiger partial charge in [-0.2, -0.15) is 0 Å². The molecule has 0 saturated carbocycles. The van der Waals surface area contributed by atoms with Crippen molar-refractivity contribution in [2.45, 2.75) is 6.10 Å². The Morgan fingerprint density at radius 3 is 2.25 bits per heavy atom. The molecule has 16 heavy (non-hydrogen) atoms. The number of aliphatic hydroxyl groups is 1. The molecule has 0 aliphatic carbocycles. The number of nitrogens with one attached hydrogen (secondary N) is 1. The second kappa shape index (κ2) is 5.16. The minimum Gasteiger partial charge on any atom is -0.375 e. The van der Waals surface area contributed by atoms with Crippen LogP contribution in [0.25, 0.3) is 0 Å². The SMILES string of the molecule is NC(=O)C(O)C(=O)Nc1c(Cl)cccc1Cl. The molecular formula is C9H8Cl2N2O3. The summed E-state index contributed by atoms with van der Waals surface area (Å²) in [6, 6.07) is 4.59. The summed E-state index contributed by atoms with van der Waals surface area (Å²) in [5.41, 5.74) is 4.87. The Morgan fingerprint density at radius 2 is 1.81 bits per heavy atom. The molecule has 0 radical (unpaired) electrons. The van der Waals surface area contributed by atoms with E-state index >= 15 is 0 Å². The van der Waals surface area contributed by atoms with Crippen molar-refractivity contribution < 1.29 is 14.7 Å². The van der Waals surface area contributed by atoms with Crippen molar-refractivity contribution in [1.82, 2.24) is 0 Å². The average molecular weight is 263 g/mol. The van der Waals surface area contributed by atoms with Gasteiger partial charge in [0.15, 0.2) is 0 Å². The van der Waals surface area contributed by atoms with Gasteiger partial charge in [0.1, 0.15) is 0 Å². The molecule has 0 saturated heterocycles. The summed E-state index contributed by atoms with van der Waals surface area (Å²) < 4.78 is 0. The Kier molecular flexibility index (Phi) is 4.12. The lowest BCUT2D eigenvalue weighted by Gasteiger charge is -2.10. The van der Waals surface area contributed by atoms with Crippen molar-refractivity contribution in [1.29, 1.82) is 0 Å². The van der Waals surface area contributed by atoms with Gasteiger partial charge in [0, 0.05) is 0 Å². The first-order chi connectivity index (χ1) is 7.43. The topological polar surface area (TPSA) is 92.4 Å². The molecule has 0 spiro atoms. The fraction of sp³-hybridized carbons (Fsp3) is 0.111. The van der Waals surface area contributed by atoms with E-state index in [1.54, 1.807) is 6.07 Å². The van der Waals surface area contributed by atoms with Gasteiger partial charge in [-0.15, -0.1) is 0 Å². The van der Waals surface area contributed by atoms with Gasteiger partial charge in [-0.3, -0.25) is 9.59 Å². The first-order valence-electron chi connectivity index (χ1n) is 4.15. The van der Waals surface area contributed by atoms with E-state index in [2.05, 4.69) is 5.32 Å². The van der Waals surface area contributed by atoms with E-state index in [0.29, 0.717) is 0 Å². The van der Waals surface area contributed by atoms with Crippen LogP contribution in [0.2, 0.25) is 10.0 Å². The number of halogens is 2. The van der Waals surface area contributed by atoms with Crippen molar-refractivity contribution >= 4 is 40.7 Å². The normalized spacial score (nSPS) is 11.9. The largest absolute Gasteiger partial charge is 0.375 e. The molecule has 1 atom stereocenters. The van der Waals surface area contributed by atoms with Crippen LogP contribution in [0.4, 0.5) is 5.69 Å². The number of carbonyl (C=O) groups is 2. The minimum absolute atomic E-state index is 0.121. The first kappa shape index (κ1) is 12.8. The maximum absolute atomic E-state index is 11.3. The van der Waals surface area contributed by atoms with Gasteiger partial charge in [-0.25, -0.2) is 0 Å². The van der Waals surface area contributed by atoms with Crippen LogP contribution in [0.3, 0.4) is 0 Å². The molecule has 0 aliphatic heterocycles. The smallest absolute Gasteiger partial charge is 0.263 e. The zero-order chi connectivity index (χ0) is 12.3. The maximum atomic E-state index is 11.3. The third kappa shape index (κ3) is 2.85. The third-order valence-electron chi connectivity index (χ3n) is 1.73. The summed E-state index contributed by atoms with van der Waals surface area (Å²) in [5, 5.41) is 11.7. The summed E-state index contributed by atoms with van der Waals surface area (Å²) in [6.45, 7) is 0. The summed E-state index contributed by atoms with van der Waals surface area (Å²) >= 11 is 11.5. The Morgan fingerprint density at radius 1 is 1.31 bits per heavy atom. The number of aliphatic hydroxyl groups excluding tert-OH is 1. The van der Waals surface area contributed by atoms with Gasteiger partial charge < -0.3 is 16.2 Å². The molecule has 2 amide bonds. The van der Waals surface area contributed by atoms with Crippen LogP contribution < -0.4 is 11.1 Å². The van der Waals surface area contributed by atoms with Crippen LogP contribution >= 0.6 is 23.2 Å². The highest BCUT2D eigenvalue weighted by Crippen LogP contribution is 2.29. The highest BCUT2D eigenvalue weighted by Gasteiger charge is 2.22. The predicted octanol–water partition coefficient (Wildman–Crippen LogP) is 0.778. The van der Waals surface area contributed by atoms with Gasteiger partial charge in [0.05, 0.1) is 15.7 Å². The van der Waals surface area contributed by atoms with Crippen molar-refractivity contribution in [2.75, 3.05) is 5.32 Å². The van der Waals surface area contributed by atoms with Crippen molar-refractivity contribution in [3.63, 3.8) is 0 Å². The minimum atomic E-state index is -1.94. The van der Waals surface area contributed by atoms with E-state index in [4.69, 9.17) is 34.0 Å². The summed E-state index contributed by atoms with van der Waals surface area (Å²) in [4.78, 5) is 21.8. The number of hydrogen-bond donors (Lipinski definition) is 3. The molecule has 0 aromatic heterocycles. The van der Waals surface area contributed by atoms with Gasteiger partial charge in [0.25, 0.3) is 11.8 Å². The van der Waals surface area contributed by atoms with E-state index in [1.807, 2.05) is 0 Å².